The Balaban J connectivity index is 1.47. The van der Waals surface area contributed by atoms with E-state index in [1.807, 2.05) is 19.3 Å². The minimum Gasteiger partial charge on any atom is -0.352 e. The lowest BCUT2D eigenvalue weighted by Crippen LogP contribution is -2.42. The zero-order valence-corrected chi connectivity index (χ0v) is 13.8. The maximum atomic E-state index is 4.50. The molecule has 1 saturated heterocycles. The predicted molar refractivity (Wildman–Crippen MR) is 94.4 cm³/mol. The molecule has 1 aromatic heterocycles. The number of likely N-dealkylation sites (tertiary alicyclic amines) is 1. The van der Waals surface area contributed by atoms with Gasteiger partial charge in [-0.25, -0.2) is 0 Å². The number of nitrogens with zero attached hydrogens (tertiary/aromatic N) is 3. The van der Waals surface area contributed by atoms with Gasteiger partial charge in [0.15, 0.2) is 5.96 Å². The Morgan fingerprint density at radius 1 is 1.26 bits per heavy atom. The van der Waals surface area contributed by atoms with Gasteiger partial charge in [-0.1, -0.05) is 24.6 Å². The van der Waals surface area contributed by atoms with Crippen molar-refractivity contribution >= 4 is 16.9 Å². The van der Waals surface area contributed by atoms with Crippen LogP contribution in [-0.4, -0.2) is 36.0 Å². The van der Waals surface area contributed by atoms with Crippen molar-refractivity contribution in [3.63, 3.8) is 0 Å². The highest BCUT2D eigenvalue weighted by atomic mass is 15.3. The summed E-state index contributed by atoms with van der Waals surface area (Å²) < 4.78 is 0. The van der Waals surface area contributed by atoms with Crippen LogP contribution in [0.2, 0.25) is 0 Å². The Morgan fingerprint density at radius 2 is 2.13 bits per heavy atom. The summed E-state index contributed by atoms with van der Waals surface area (Å²) in [7, 11) is 1.89. The standard InChI is InChI=1S/C19H24N4/c1-20-18(23-12-10-19(14-23)8-4-9-19)22-13-15-7-11-21-17-6-3-2-5-16(15)17/h2-3,5-7,11H,4,8-10,12-14H2,1H3,(H,20,22). The monoisotopic (exact) mass is 308 g/mol. The molecule has 0 bridgehead atoms. The van der Waals surface area contributed by atoms with E-state index in [0.29, 0.717) is 5.41 Å². The van der Waals surface area contributed by atoms with Crippen molar-refractivity contribution in [2.24, 2.45) is 10.4 Å². The van der Waals surface area contributed by atoms with Gasteiger partial charge in [-0.3, -0.25) is 9.98 Å². The van der Waals surface area contributed by atoms with Gasteiger partial charge in [0, 0.05) is 38.3 Å². The fourth-order valence-corrected chi connectivity index (χ4v) is 4.02. The second kappa shape index (κ2) is 5.84. The van der Waals surface area contributed by atoms with Gasteiger partial charge in [0.2, 0.25) is 0 Å². The number of hydrogen-bond donors (Lipinski definition) is 1. The number of rotatable bonds is 2. The van der Waals surface area contributed by atoms with E-state index in [0.717, 1.165) is 24.6 Å². The summed E-state index contributed by atoms with van der Waals surface area (Å²) in [6.45, 7) is 3.10. The van der Waals surface area contributed by atoms with E-state index < -0.39 is 0 Å². The van der Waals surface area contributed by atoms with E-state index in [-0.39, 0.29) is 0 Å². The van der Waals surface area contributed by atoms with Crippen LogP contribution in [0, 0.1) is 5.41 Å². The summed E-state index contributed by atoms with van der Waals surface area (Å²) in [5, 5.41) is 4.77. The lowest BCUT2D eigenvalue weighted by molar-refractivity contribution is 0.151. The minimum atomic E-state index is 0.598. The van der Waals surface area contributed by atoms with Gasteiger partial charge in [-0.15, -0.1) is 0 Å². The molecular weight excluding hydrogens is 284 g/mol. The molecule has 2 aromatic rings. The SMILES string of the molecule is CN=C(NCc1ccnc2ccccc12)N1CCC2(CCC2)C1. The number of pyridine rings is 1. The highest BCUT2D eigenvalue weighted by Crippen LogP contribution is 2.47. The van der Waals surface area contributed by atoms with Gasteiger partial charge < -0.3 is 10.2 Å². The lowest BCUT2D eigenvalue weighted by atomic mass is 9.68. The maximum absolute atomic E-state index is 4.50. The Kier molecular flexibility index (Phi) is 3.68. The normalized spacial score (nSPS) is 20.0. The molecule has 0 atom stereocenters. The van der Waals surface area contributed by atoms with Crippen LogP contribution in [0.1, 0.15) is 31.2 Å². The molecule has 2 heterocycles. The second-order valence-corrected chi connectivity index (χ2v) is 6.91. The predicted octanol–water partition coefficient (Wildman–Crippen LogP) is 3.19. The van der Waals surface area contributed by atoms with Crippen LogP contribution >= 0.6 is 0 Å². The number of fused-ring (bicyclic) bond motifs is 1. The largest absolute Gasteiger partial charge is 0.352 e. The summed E-state index contributed by atoms with van der Waals surface area (Å²) in [6, 6.07) is 10.4. The molecular formula is C19H24N4. The van der Waals surface area contributed by atoms with Crippen molar-refractivity contribution in [3.8, 4) is 0 Å². The van der Waals surface area contributed by atoms with E-state index >= 15 is 0 Å². The Labute approximate surface area is 137 Å². The molecule has 2 aliphatic rings. The van der Waals surface area contributed by atoms with Gasteiger partial charge >= 0.3 is 0 Å². The van der Waals surface area contributed by atoms with Crippen LogP contribution in [0.3, 0.4) is 0 Å². The summed E-state index contributed by atoms with van der Waals surface area (Å²) in [6.07, 6.45) is 7.42. The number of guanidine groups is 1. The fourth-order valence-electron chi connectivity index (χ4n) is 4.02. The van der Waals surface area contributed by atoms with Crippen LogP contribution in [0.5, 0.6) is 0 Å². The van der Waals surface area contributed by atoms with Gasteiger partial charge in [0.1, 0.15) is 0 Å². The number of benzene rings is 1. The molecule has 4 heteroatoms. The average Bonchev–Trinajstić information content (AvgIpc) is 3.01. The third-order valence-electron chi connectivity index (χ3n) is 5.54. The van der Waals surface area contributed by atoms with Crippen LogP contribution in [0.4, 0.5) is 0 Å². The lowest BCUT2D eigenvalue weighted by Gasteiger charge is -2.38. The Bertz CT molecular complexity index is 728. The molecule has 23 heavy (non-hydrogen) atoms. The van der Waals surface area contributed by atoms with Crippen LogP contribution in [0.15, 0.2) is 41.5 Å². The molecule has 0 amide bonds. The van der Waals surface area contributed by atoms with E-state index in [2.05, 4.69) is 44.5 Å². The molecule has 4 nitrogen and oxygen atoms in total. The van der Waals surface area contributed by atoms with Crippen molar-refractivity contribution < 1.29 is 0 Å². The van der Waals surface area contributed by atoms with Crippen molar-refractivity contribution in [1.29, 1.82) is 0 Å². The number of aliphatic imine (C=N–C) groups is 1. The quantitative estimate of drug-likeness (QED) is 0.684. The number of aromatic nitrogens is 1. The first-order chi connectivity index (χ1) is 11.3. The van der Waals surface area contributed by atoms with Crippen LogP contribution in [-0.2, 0) is 6.54 Å². The molecule has 2 fully saturated rings. The highest BCUT2D eigenvalue weighted by Gasteiger charge is 2.43. The minimum absolute atomic E-state index is 0.598. The third kappa shape index (κ3) is 2.67. The number of nitrogens with one attached hydrogen (secondary N) is 1. The molecule has 1 aliphatic heterocycles. The van der Waals surface area contributed by atoms with Gasteiger partial charge in [-0.05, 0) is 42.4 Å². The average molecular weight is 308 g/mol. The first-order valence-electron chi connectivity index (χ1n) is 8.58. The molecule has 0 radical (unpaired) electrons. The molecule has 1 saturated carbocycles. The molecule has 1 spiro atoms. The Hall–Kier alpha value is -2.10. The van der Waals surface area contributed by atoms with Crippen molar-refractivity contribution in [3.05, 3.63) is 42.1 Å². The Morgan fingerprint density at radius 3 is 2.87 bits per heavy atom. The van der Waals surface area contributed by atoms with Gasteiger partial charge in [0.05, 0.1) is 5.52 Å². The van der Waals surface area contributed by atoms with E-state index in [4.69, 9.17) is 0 Å². The smallest absolute Gasteiger partial charge is 0.193 e. The summed E-state index contributed by atoms with van der Waals surface area (Å²) in [4.78, 5) is 11.4. The van der Waals surface area contributed by atoms with E-state index in [1.54, 1.807) is 0 Å². The third-order valence-corrected chi connectivity index (χ3v) is 5.54. The zero-order valence-electron chi connectivity index (χ0n) is 13.8. The van der Waals surface area contributed by atoms with E-state index in [9.17, 15) is 0 Å². The first kappa shape index (κ1) is 14.5. The number of para-hydroxylation sites is 1. The second-order valence-electron chi connectivity index (χ2n) is 6.91. The molecule has 120 valence electrons. The number of hydrogen-bond acceptors (Lipinski definition) is 2. The van der Waals surface area contributed by atoms with Crippen molar-refractivity contribution in [2.45, 2.75) is 32.2 Å². The van der Waals surface area contributed by atoms with Crippen LogP contribution < -0.4 is 5.32 Å². The van der Waals surface area contributed by atoms with E-state index in [1.165, 1.54) is 43.2 Å². The first-order valence-corrected chi connectivity index (χ1v) is 8.58. The van der Waals surface area contributed by atoms with Gasteiger partial charge in [0.25, 0.3) is 0 Å². The molecule has 1 aromatic carbocycles. The molecule has 4 rings (SSSR count). The van der Waals surface area contributed by atoms with Crippen molar-refractivity contribution in [1.82, 2.24) is 15.2 Å². The maximum Gasteiger partial charge on any atom is 0.193 e. The van der Waals surface area contributed by atoms with Gasteiger partial charge in [-0.2, -0.15) is 0 Å². The van der Waals surface area contributed by atoms with Crippen molar-refractivity contribution in [2.75, 3.05) is 20.1 Å². The summed E-state index contributed by atoms with van der Waals surface area (Å²) in [5.41, 5.74) is 2.92. The van der Waals surface area contributed by atoms with Crippen LogP contribution in [0.25, 0.3) is 10.9 Å². The molecule has 1 N–H and O–H groups in total. The topological polar surface area (TPSA) is 40.5 Å². The highest BCUT2D eigenvalue weighted by molar-refractivity contribution is 5.84. The summed E-state index contributed by atoms with van der Waals surface area (Å²) >= 11 is 0. The zero-order chi connectivity index (χ0) is 15.7. The molecule has 0 unspecified atom stereocenters. The summed E-state index contributed by atoms with van der Waals surface area (Å²) in [5.74, 6) is 1.04. The fraction of sp³-hybridized carbons (Fsp3) is 0.474. The molecule has 1 aliphatic carbocycles.